The van der Waals surface area contributed by atoms with Crippen molar-refractivity contribution in [1.29, 1.82) is 0 Å². The Morgan fingerprint density at radius 2 is 2.22 bits per heavy atom. The molecule has 2 aliphatic rings. The van der Waals surface area contributed by atoms with Crippen LogP contribution in [0.15, 0.2) is 11.8 Å². The Labute approximate surface area is 54.7 Å². The van der Waals surface area contributed by atoms with Crippen LogP contribution in [0, 0.1) is 0 Å². The molecule has 0 aromatic carbocycles. The van der Waals surface area contributed by atoms with Gasteiger partial charge in [0, 0.05) is 18.8 Å². The second-order valence-corrected chi connectivity index (χ2v) is 2.43. The second kappa shape index (κ2) is 2.01. The first-order valence-electron chi connectivity index (χ1n) is 3.32. The normalized spacial score (nSPS) is 25.8. The van der Waals surface area contributed by atoms with Crippen LogP contribution in [-0.4, -0.2) is 31.3 Å². The predicted molar refractivity (Wildman–Crippen MR) is 35.7 cm³/mol. The van der Waals surface area contributed by atoms with E-state index in [4.69, 9.17) is 0 Å². The highest BCUT2D eigenvalue weighted by Crippen LogP contribution is 2.08. The van der Waals surface area contributed by atoms with Crippen LogP contribution in [0.2, 0.25) is 0 Å². The molecule has 50 valence electrons. The molecule has 0 radical (unpaired) electrons. The van der Waals surface area contributed by atoms with E-state index in [9.17, 15) is 0 Å². The fourth-order valence-electron chi connectivity index (χ4n) is 1.28. The van der Waals surface area contributed by atoms with Gasteiger partial charge in [-0.3, -0.25) is 10.6 Å². The predicted octanol–water partition coefficient (Wildman–Crippen LogP) is -0.706. The van der Waals surface area contributed by atoms with Crippen LogP contribution in [0.4, 0.5) is 0 Å². The van der Waals surface area contributed by atoms with Gasteiger partial charge >= 0.3 is 0 Å². The first-order valence-corrected chi connectivity index (χ1v) is 3.32. The number of hydrogen-bond acceptors (Lipinski definition) is 3. The molecular formula is C6H11N3. The van der Waals surface area contributed by atoms with Crippen LogP contribution in [0.1, 0.15) is 0 Å². The lowest BCUT2D eigenvalue weighted by molar-refractivity contribution is 0.339. The lowest BCUT2D eigenvalue weighted by Gasteiger charge is -2.23. The van der Waals surface area contributed by atoms with Crippen molar-refractivity contribution in [3.63, 3.8) is 0 Å². The number of rotatable bonds is 0. The second-order valence-electron chi connectivity index (χ2n) is 2.43. The number of hydrogen-bond donors (Lipinski definition) is 2. The summed E-state index contributed by atoms with van der Waals surface area (Å²) in [7, 11) is 0. The van der Waals surface area contributed by atoms with Crippen molar-refractivity contribution < 1.29 is 0 Å². The van der Waals surface area contributed by atoms with Gasteiger partial charge in [0.25, 0.3) is 0 Å². The van der Waals surface area contributed by atoms with Crippen LogP contribution < -0.4 is 10.6 Å². The minimum Gasteiger partial charge on any atom is -0.348 e. The van der Waals surface area contributed by atoms with Crippen LogP contribution in [-0.2, 0) is 0 Å². The van der Waals surface area contributed by atoms with Gasteiger partial charge in [-0.1, -0.05) is 6.08 Å². The van der Waals surface area contributed by atoms with Gasteiger partial charge in [0.2, 0.25) is 0 Å². The Morgan fingerprint density at radius 1 is 1.33 bits per heavy atom. The molecule has 3 nitrogen and oxygen atoms in total. The van der Waals surface area contributed by atoms with E-state index in [0.29, 0.717) is 0 Å². The van der Waals surface area contributed by atoms with E-state index in [1.165, 1.54) is 5.70 Å². The monoisotopic (exact) mass is 125 g/mol. The average Bonchev–Trinajstić information content (AvgIpc) is 2.33. The van der Waals surface area contributed by atoms with Crippen LogP contribution in [0.5, 0.6) is 0 Å². The molecule has 0 saturated carbocycles. The molecule has 0 spiro atoms. The Kier molecular flexibility index (Phi) is 1.17. The maximum Gasteiger partial charge on any atom is 0.0695 e. The Balaban J connectivity index is 2.16. The molecule has 0 aliphatic carbocycles. The first-order chi connectivity index (χ1) is 4.47. The summed E-state index contributed by atoms with van der Waals surface area (Å²) in [6.07, 6.45) is 2.24. The van der Waals surface area contributed by atoms with Crippen molar-refractivity contribution >= 4 is 0 Å². The zero-order chi connectivity index (χ0) is 6.10. The van der Waals surface area contributed by atoms with Gasteiger partial charge in [0.05, 0.1) is 13.3 Å². The fourth-order valence-corrected chi connectivity index (χ4v) is 1.28. The Bertz CT molecular complexity index is 141. The molecular weight excluding hydrogens is 114 g/mol. The van der Waals surface area contributed by atoms with Crippen LogP contribution >= 0.6 is 0 Å². The van der Waals surface area contributed by atoms with Crippen molar-refractivity contribution in [2.75, 3.05) is 26.4 Å². The van der Waals surface area contributed by atoms with Gasteiger partial charge in [0.15, 0.2) is 0 Å². The van der Waals surface area contributed by atoms with Crippen LogP contribution in [0.3, 0.4) is 0 Å². The zero-order valence-electron chi connectivity index (χ0n) is 5.35. The number of nitrogens with one attached hydrogen (secondary N) is 2. The molecule has 2 aliphatic heterocycles. The quantitative estimate of drug-likeness (QED) is 0.448. The summed E-state index contributed by atoms with van der Waals surface area (Å²) in [6.45, 7) is 4.12. The highest BCUT2D eigenvalue weighted by Gasteiger charge is 2.16. The van der Waals surface area contributed by atoms with Crippen molar-refractivity contribution in [3.8, 4) is 0 Å². The Morgan fingerprint density at radius 3 is 3.11 bits per heavy atom. The van der Waals surface area contributed by atoms with Crippen molar-refractivity contribution in [3.05, 3.63) is 11.8 Å². The lowest BCUT2D eigenvalue weighted by Crippen LogP contribution is -2.36. The smallest absolute Gasteiger partial charge is 0.0695 e. The molecule has 0 aromatic heterocycles. The van der Waals surface area contributed by atoms with Gasteiger partial charge in [-0.2, -0.15) is 0 Å². The molecule has 2 rings (SSSR count). The van der Waals surface area contributed by atoms with Crippen molar-refractivity contribution in [2.24, 2.45) is 0 Å². The SMILES string of the molecule is C1=C2CNCN2CNC1. The largest absolute Gasteiger partial charge is 0.348 e. The van der Waals surface area contributed by atoms with E-state index in [2.05, 4.69) is 21.6 Å². The highest BCUT2D eigenvalue weighted by atomic mass is 15.3. The summed E-state index contributed by atoms with van der Waals surface area (Å²) in [5.41, 5.74) is 1.45. The average molecular weight is 125 g/mol. The fraction of sp³-hybridized carbons (Fsp3) is 0.667. The van der Waals surface area contributed by atoms with Crippen molar-refractivity contribution in [1.82, 2.24) is 15.5 Å². The molecule has 0 unspecified atom stereocenters. The molecule has 0 atom stereocenters. The third-order valence-corrected chi connectivity index (χ3v) is 1.80. The molecule has 0 amide bonds. The summed E-state index contributed by atoms with van der Waals surface area (Å²) in [5, 5.41) is 6.55. The molecule has 2 heterocycles. The topological polar surface area (TPSA) is 27.3 Å². The third-order valence-electron chi connectivity index (χ3n) is 1.80. The molecule has 3 heteroatoms. The van der Waals surface area contributed by atoms with Gasteiger partial charge in [-0.05, 0) is 0 Å². The van der Waals surface area contributed by atoms with Gasteiger partial charge in [-0.25, -0.2) is 0 Å². The Hall–Kier alpha value is -0.540. The summed E-state index contributed by atoms with van der Waals surface area (Å²) in [5.74, 6) is 0. The summed E-state index contributed by atoms with van der Waals surface area (Å²) >= 11 is 0. The molecule has 9 heavy (non-hydrogen) atoms. The maximum atomic E-state index is 3.28. The summed E-state index contributed by atoms with van der Waals surface area (Å²) in [4.78, 5) is 2.31. The summed E-state index contributed by atoms with van der Waals surface area (Å²) in [6, 6.07) is 0. The highest BCUT2D eigenvalue weighted by molar-refractivity contribution is 5.10. The minimum absolute atomic E-state index is 1.01. The molecule has 2 N–H and O–H groups in total. The summed E-state index contributed by atoms with van der Waals surface area (Å²) < 4.78 is 0. The van der Waals surface area contributed by atoms with E-state index >= 15 is 0 Å². The van der Waals surface area contributed by atoms with E-state index in [0.717, 1.165) is 26.4 Å². The third kappa shape index (κ3) is 0.821. The standard InChI is InChI=1S/C6H11N3/c1-2-7-4-9-5-8-3-6(1)9/h1,7-8H,2-5H2. The number of nitrogens with zero attached hydrogens (tertiary/aromatic N) is 1. The maximum absolute atomic E-state index is 3.28. The van der Waals surface area contributed by atoms with E-state index < -0.39 is 0 Å². The van der Waals surface area contributed by atoms with E-state index in [-0.39, 0.29) is 0 Å². The lowest BCUT2D eigenvalue weighted by atomic mass is 10.3. The van der Waals surface area contributed by atoms with Gasteiger partial charge in [0.1, 0.15) is 0 Å². The first kappa shape index (κ1) is 5.26. The van der Waals surface area contributed by atoms with Gasteiger partial charge < -0.3 is 4.90 Å². The van der Waals surface area contributed by atoms with Crippen LogP contribution in [0.25, 0.3) is 0 Å². The molecule has 1 saturated heterocycles. The van der Waals surface area contributed by atoms with E-state index in [1.54, 1.807) is 0 Å². The number of fused-ring (bicyclic) bond motifs is 1. The van der Waals surface area contributed by atoms with Gasteiger partial charge in [-0.15, -0.1) is 0 Å². The molecule has 1 fully saturated rings. The molecule has 0 aromatic rings. The zero-order valence-corrected chi connectivity index (χ0v) is 5.35. The van der Waals surface area contributed by atoms with E-state index in [1.807, 2.05) is 0 Å². The van der Waals surface area contributed by atoms with Crippen molar-refractivity contribution in [2.45, 2.75) is 0 Å². The minimum atomic E-state index is 1.01. The molecule has 0 bridgehead atoms.